The van der Waals surface area contributed by atoms with Crippen LogP contribution in [0, 0.1) is 6.92 Å². The van der Waals surface area contributed by atoms with Crippen LogP contribution in [0.2, 0.25) is 5.02 Å². The molecule has 0 radical (unpaired) electrons. The summed E-state index contributed by atoms with van der Waals surface area (Å²) in [5, 5.41) is 0.199. The molecular formula is C13H18ClNO4S. The van der Waals surface area contributed by atoms with E-state index in [-0.39, 0.29) is 28.9 Å². The predicted molar refractivity (Wildman–Crippen MR) is 77.3 cm³/mol. The largest absolute Gasteiger partial charge is 0.469 e. The Hall–Kier alpha value is -1.11. The Kier molecular flexibility index (Phi) is 5.98. The van der Waals surface area contributed by atoms with Crippen molar-refractivity contribution in [2.75, 3.05) is 20.7 Å². The molecule has 1 rings (SSSR count). The third-order valence-electron chi connectivity index (χ3n) is 2.86. The van der Waals surface area contributed by atoms with Gasteiger partial charge in [0.2, 0.25) is 10.0 Å². The van der Waals surface area contributed by atoms with Gasteiger partial charge in [-0.25, -0.2) is 12.7 Å². The third kappa shape index (κ3) is 4.19. The van der Waals surface area contributed by atoms with Crippen LogP contribution in [0.15, 0.2) is 23.1 Å². The van der Waals surface area contributed by atoms with Gasteiger partial charge in [0.15, 0.2) is 0 Å². The van der Waals surface area contributed by atoms with Gasteiger partial charge < -0.3 is 4.74 Å². The van der Waals surface area contributed by atoms with Crippen molar-refractivity contribution in [1.29, 1.82) is 0 Å². The molecule has 0 heterocycles. The lowest BCUT2D eigenvalue weighted by Crippen LogP contribution is -2.28. The third-order valence-corrected chi connectivity index (χ3v) is 5.20. The lowest BCUT2D eigenvalue weighted by atomic mass is 10.2. The number of aryl methyl sites for hydroxylation is 1. The minimum absolute atomic E-state index is 0.0744. The quantitative estimate of drug-likeness (QED) is 0.754. The van der Waals surface area contributed by atoms with Crippen molar-refractivity contribution in [2.45, 2.75) is 24.7 Å². The van der Waals surface area contributed by atoms with E-state index >= 15 is 0 Å². The van der Waals surface area contributed by atoms with E-state index in [0.717, 1.165) is 5.56 Å². The van der Waals surface area contributed by atoms with Gasteiger partial charge in [-0.2, -0.15) is 0 Å². The molecule has 7 heteroatoms. The number of carbonyl (C=O) groups excluding carboxylic acids is 1. The number of halogens is 1. The molecule has 0 spiro atoms. The molecular weight excluding hydrogens is 302 g/mol. The van der Waals surface area contributed by atoms with Crippen LogP contribution < -0.4 is 0 Å². The summed E-state index contributed by atoms with van der Waals surface area (Å²) in [5.74, 6) is -0.357. The number of ether oxygens (including phenoxy) is 1. The maximum atomic E-state index is 12.3. The number of rotatable bonds is 6. The SMILES string of the molecule is COC(=O)CCCN(C)S(=O)(=O)c1ccc(C)cc1Cl. The van der Waals surface area contributed by atoms with Crippen LogP contribution >= 0.6 is 11.6 Å². The predicted octanol–water partition coefficient (Wildman–Crippen LogP) is 2.22. The van der Waals surface area contributed by atoms with E-state index in [2.05, 4.69) is 4.74 Å². The molecule has 5 nitrogen and oxygen atoms in total. The zero-order valence-electron chi connectivity index (χ0n) is 11.7. The summed E-state index contributed by atoms with van der Waals surface area (Å²) in [4.78, 5) is 11.1. The smallest absolute Gasteiger partial charge is 0.305 e. The number of methoxy groups -OCH3 is 1. The number of sulfonamides is 1. The highest BCUT2D eigenvalue weighted by Gasteiger charge is 2.23. The van der Waals surface area contributed by atoms with Crippen molar-refractivity contribution >= 4 is 27.6 Å². The molecule has 0 unspecified atom stereocenters. The standard InChI is InChI=1S/C13H18ClNO4S/c1-10-6-7-12(11(14)9-10)20(17,18)15(2)8-4-5-13(16)19-3/h6-7,9H,4-5,8H2,1-3H3. The second-order valence-corrected chi connectivity index (χ2v) is 6.86. The van der Waals surface area contributed by atoms with Gasteiger partial charge in [-0.05, 0) is 31.0 Å². The zero-order valence-corrected chi connectivity index (χ0v) is 13.3. The summed E-state index contributed by atoms with van der Waals surface area (Å²) in [5.41, 5.74) is 0.891. The van der Waals surface area contributed by atoms with Crippen molar-refractivity contribution in [2.24, 2.45) is 0 Å². The van der Waals surface area contributed by atoms with E-state index in [1.807, 2.05) is 6.92 Å². The van der Waals surface area contributed by atoms with Crippen LogP contribution in [0.5, 0.6) is 0 Å². The Bertz CT molecular complexity index is 586. The van der Waals surface area contributed by atoms with Gasteiger partial charge in [0.1, 0.15) is 4.90 Å². The summed E-state index contributed by atoms with van der Waals surface area (Å²) in [6.45, 7) is 2.06. The first-order valence-corrected chi connectivity index (χ1v) is 7.90. The molecule has 0 fully saturated rings. The fourth-order valence-corrected chi connectivity index (χ4v) is 3.43. The first kappa shape index (κ1) is 16.9. The molecule has 0 aromatic heterocycles. The number of carbonyl (C=O) groups is 1. The second kappa shape index (κ2) is 7.06. The number of hydrogen-bond acceptors (Lipinski definition) is 4. The first-order valence-electron chi connectivity index (χ1n) is 6.08. The van der Waals surface area contributed by atoms with Crippen LogP contribution in [-0.2, 0) is 19.6 Å². The van der Waals surface area contributed by atoms with E-state index in [9.17, 15) is 13.2 Å². The van der Waals surface area contributed by atoms with Crippen LogP contribution in [-0.4, -0.2) is 39.4 Å². The molecule has 0 saturated heterocycles. The topological polar surface area (TPSA) is 63.7 Å². The van der Waals surface area contributed by atoms with Gasteiger partial charge in [-0.1, -0.05) is 17.7 Å². The summed E-state index contributed by atoms with van der Waals surface area (Å²) in [7, 11) is -0.880. The van der Waals surface area contributed by atoms with E-state index in [1.54, 1.807) is 12.1 Å². The van der Waals surface area contributed by atoms with E-state index in [0.29, 0.717) is 6.42 Å². The van der Waals surface area contributed by atoms with Crippen molar-refractivity contribution in [3.05, 3.63) is 28.8 Å². The molecule has 0 bridgehead atoms. The fraction of sp³-hybridized carbons (Fsp3) is 0.462. The summed E-state index contributed by atoms with van der Waals surface area (Å²) in [6, 6.07) is 4.79. The van der Waals surface area contributed by atoms with Crippen molar-refractivity contribution in [3.63, 3.8) is 0 Å². The molecule has 0 aliphatic carbocycles. The van der Waals surface area contributed by atoms with Gasteiger partial charge in [0.25, 0.3) is 0 Å². The summed E-state index contributed by atoms with van der Waals surface area (Å²) in [6.07, 6.45) is 0.573. The molecule has 20 heavy (non-hydrogen) atoms. The Balaban J connectivity index is 2.79. The second-order valence-electron chi connectivity index (χ2n) is 4.44. The number of esters is 1. The Morgan fingerprint density at radius 2 is 2.05 bits per heavy atom. The Morgan fingerprint density at radius 1 is 1.40 bits per heavy atom. The molecule has 0 saturated carbocycles. The van der Waals surface area contributed by atoms with Crippen molar-refractivity contribution in [1.82, 2.24) is 4.31 Å². The Labute approximate surface area is 124 Å². The molecule has 0 aliphatic rings. The minimum atomic E-state index is -3.64. The lowest BCUT2D eigenvalue weighted by Gasteiger charge is -2.17. The van der Waals surface area contributed by atoms with Crippen LogP contribution in [0.25, 0.3) is 0 Å². The van der Waals surface area contributed by atoms with Gasteiger partial charge >= 0.3 is 5.97 Å². The first-order chi connectivity index (χ1) is 9.28. The van der Waals surface area contributed by atoms with E-state index in [4.69, 9.17) is 11.6 Å². The number of benzene rings is 1. The number of nitrogens with zero attached hydrogens (tertiary/aromatic N) is 1. The van der Waals surface area contributed by atoms with E-state index in [1.165, 1.54) is 24.5 Å². The van der Waals surface area contributed by atoms with E-state index < -0.39 is 10.0 Å². The molecule has 0 N–H and O–H groups in total. The highest BCUT2D eigenvalue weighted by molar-refractivity contribution is 7.89. The molecule has 0 aliphatic heterocycles. The molecule has 0 amide bonds. The molecule has 1 aromatic rings. The highest BCUT2D eigenvalue weighted by Crippen LogP contribution is 2.25. The number of hydrogen-bond donors (Lipinski definition) is 0. The molecule has 112 valence electrons. The normalized spacial score (nSPS) is 11.7. The van der Waals surface area contributed by atoms with Gasteiger partial charge in [0.05, 0.1) is 12.1 Å². The van der Waals surface area contributed by atoms with Crippen molar-refractivity contribution < 1.29 is 17.9 Å². The monoisotopic (exact) mass is 319 g/mol. The van der Waals surface area contributed by atoms with Crippen molar-refractivity contribution in [3.8, 4) is 0 Å². The van der Waals surface area contributed by atoms with Gasteiger partial charge in [-0.15, -0.1) is 0 Å². The van der Waals surface area contributed by atoms with Crippen LogP contribution in [0.4, 0.5) is 0 Å². The Morgan fingerprint density at radius 3 is 2.60 bits per heavy atom. The van der Waals surface area contributed by atoms with Crippen LogP contribution in [0.3, 0.4) is 0 Å². The molecule has 1 aromatic carbocycles. The molecule has 0 atom stereocenters. The fourth-order valence-electron chi connectivity index (χ4n) is 1.65. The summed E-state index contributed by atoms with van der Waals surface area (Å²) < 4.78 is 30.4. The average Bonchev–Trinajstić information content (AvgIpc) is 2.37. The lowest BCUT2D eigenvalue weighted by molar-refractivity contribution is -0.140. The summed E-state index contributed by atoms with van der Waals surface area (Å²) >= 11 is 5.99. The maximum absolute atomic E-state index is 12.3. The van der Waals surface area contributed by atoms with Gasteiger partial charge in [-0.3, -0.25) is 4.79 Å². The maximum Gasteiger partial charge on any atom is 0.305 e. The minimum Gasteiger partial charge on any atom is -0.469 e. The van der Waals surface area contributed by atoms with Crippen LogP contribution in [0.1, 0.15) is 18.4 Å². The zero-order chi connectivity index (χ0) is 15.3. The highest BCUT2D eigenvalue weighted by atomic mass is 35.5. The average molecular weight is 320 g/mol. The van der Waals surface area contributed by atoms with Gasteiger partial charge in [0, 0.05) is 20.0 Å².